The topological polar surface area (TPSA) is 57.5 Å². The van der Waals surface area contributed by atoms with Crippen molar-refractivity contribution in [3.8, 4) is 5.75 Å². The highest BCUT2D eigenvalue weighted by atomic mass is 16.3. The minimum Gasteiger partial charge on any atom is -0.512 e. The average Bonchev–Trinajstić information content (AvgIpc) is 2.53. The largest absolute Gasteiger partial charge is 0.512 e. The number of phenolic OH excluding ortho intramolecular Hbond substituents is 1. The number of carbonyl (C=O) groups excluding carboxylic acids is 1. The number of aromatic hydroxyl groups is 1. The van der Waals surface area contributed by atoms with Crippen LogP contribution >= 0.6 is 0 Å². The van der Waals surface area contributed by atoms with E-state index in [2.05, 4.69) is 0 Å². The molecule has 0 fully saturated rings. The summed E-state index contributed by atoms with van der Waals surface area (Å²) in [6.45, 7) is 3.79. The van der Waals surface area contributed by atoms with Crippen molar-refractivity contribution in [3.63, 3.8) is 0 Å². The van der Waals surface area contributed by atoms with Crippen LogP contribution in [0.5, 0.6) is 5.75 Å². The number of ketones is 1. The zero-order valence-electron chi connectivity index (χ0n) is 10.0. The normalized spacial score (nSPS) is 20.1. The number of benzene rings is 1. The third-order valence-corrected chi connectivity index (χ3v) is 3.23. The van der Waals surface area contributed by atoms with Gasteiger partial charge in [0.2, 0.25) is 0 Å². The first-order valence-electron chi connectivity index (χ1n) is 5.83. The fraction of sp³-hybridized carbons (Fsp3) is 0.357. The molecule has 1 atom stereocenters. The highest BCUT2D eigenvalue weighted by Crippen LogP contribution is 2.36. The first-order chi connectivity index (χ1) is 8.04. The zero-order chi connectivity index (χ0) is 12.6. The molecule has 17 heavy (non-hydrogen) atoms. The number of aryl methyl sites for hydroxylation is 1. The van der Waals surface area contributed by atoms with E-state index in [1.807, 2.05) is 6.92 Å². The van der Waals surface area contributed by atoms with Crippen molar-refractivity contribution in [1.29, 1.82) is 0 Å². The van der Waals surface area contributed by atoms with Crippen molar-refractivity contribution in [1.82, 2.24) is 0 Å². The van der Waals surface area contributed by atoms with E-state index in [1.165, 1.54) is 0 Å². The quantitative estimate of drug-likeness (QED) is 0.824. The van der Waals surface area contributed by atoms with Gasteiger partial charge in [-0.3, -0.25) is 4.79 Å². The van der Waals surface area contributed by atoms with Gasteiger partial charge in [-0.05, 0) is 29.7 Å². The van der Waals surface area contributed by atoms with Crippen LogP contribution in [0.15, 0.2) is 24.0 Å². The second kappa shape index (κ2) is 4.24. The van der Waals surface area contributed by atoms with Gasteiger partial charge in [-0.2, -0.15) is 0 Å². The van der Waals surface area contributed by atoms with Gasteiger partial charge in [0.05, 0.1) is 5.57 Å². The van der Waals surface area contributed by atoms with Crippen LogP contribution in [0.4, 0.5) is 0 Å². The van der Waals surface area contributed by atoms with Gasteiger partial charge in [0, 0.05) is 12.3 Å². The molecule has 0 spiro atoms. The lowest BCUT2D eigenvalue weighted by molar-refractivity contribution is -0.116. The van der Waals surface area contributed by atoms with Gasteiger partial charge in [0.25, 0.3) is 0 Å². The van der Waals surface area contributed by atoms with Crippen LogP contribution in [0, 0.1) is 5.92 Å². The molecule has 1 aliphatic rings. The van der Waals surface area contributed by atoms with E-state index < -0.39 is 0 Å². The fourth-order valence-corrected chi connectivity index (χ4v) is 2.27. The minimum atomic E-state index is -0.169. The summed E-state index contributed by atoms with van der Waals surface area (Å²) in [7, 11) is 0. The number of allylic oxidation sites excluding steroid dienone is 2. The average molecular weight is 232 g/mol. The van der Waals surface area contributed by atoms with E-state index in [0.717, 1.165) is 12.0 Å². The van der Waals surface area contributed by atoms with Gasteiger partial charge >= 0.3 is 0 Å². The third-order valence-electron chi connectivity index (χ3n) is 3.23. The third kappa shape index (κ3) is 1.93. The molecule has 2 rings (SSSR count). The van der Waals surface area contributed by atoms with Crippen LogP contribution in [0.2, 0.25) is 0 Å². The molecule has 2 N–H and O–H groups in total. The minimum absolute atomic E-state index is 0.0391. The standard InChI is InChI=1S/C14H16O3/c1-3-9-4-5-10(15)7-11(9)13-12(16)6-8(2)14(13)17/h4-5,7-8,15-16H,3,6H2,1-2H3. The van der Waals surface area contributed by atoms with Crippen molar-refractivity contribution in [3.05, 3.63) is 35.1 Å². The molecule has 3 nitrogen and oxygen atoms in total. The maximum atomic E-state index is 12.0. The number of rotatable bonds is 2. The second-order valence-corrected chi connectivity index (χ2v) is 4.49. The predicted molar refractivity (Wildman–Crippen MR) is 65.8 cm³/mol. The lowest BCUT2D eigenvalue weighted by Crippen LogP contribution is -2.06. The number of aliphatic hydroxyl groups excluding tert-OH is 1. The lowest BCUT2D eigenvalue weighted by atomic mass is 9.94. The summed E-state index contributed by atoms with van der Waals surface area (Å²) < 4.78 is 0. The Morgan fingerprint density at radius 1 is 1.35 bits per heavy atom. The summed E-state index contributed by atoms with van der Waals surface area (Å²) >= 11 is 0. The molecule has 0 radical (unpaired) electrons. The van der Waals surface area contributed by atoms with Crippen LogP contribution in [-0.2, 0) is 11.2 Å². The van der Waals surface area contributed by atoms with Crippen molar-refractivity contribution >= 4 is 11.4 Å². The van der Waals surface area contributed by atoms with Crippen molar-refractivity contribution in [2.24, 2.45) is 5.92 Å². The fourth-order valence-electron chi connectivity index (χ4n) is 2.27. The Labute approximate surface area is 100 Å². The highest BCUT2D eigenvalue weighted by molar-refractivity contribution is 6.24. The van der Waals surface area contributed by atoms with E-state index in [-0.39, 0.29) is 23.2 Å². The van der Waals surface area contributed by atoms with E-state index in [1.54, 1.807) is 25.1 Å². The van der Waals surface area contributed by atoms with Crippen molar-refractivity contribution in [2.45, 2.75) is 26.7 Å². The van der Waals surface area contributed by atoms with Gasteiger partial charge in [0.1, 0.15) is 11.5 Å². The number of Topliss-reactive ketones (excluding diaryl/α,β-unsaturated/α-hetero) is 1. The Kier molecular flexibility index (Phi) is 2.92. The van der Waals surface area contributed by atoms with Crippen LogP contribution in [-0.4, -0.2) is 16.0 Å². The molecule has 1 aliphatic carbocycles. The maximum Gasteiger partial charge on any atom is 0.170 e. The molecule has 0 saturated carbocycles. The summed E-state index contributed by atoms with van der Waals surface area (Å²) in [4.78, 5) is 12.0. The monoisotopic (exact) mass is 232 g/mol. The van der Waals surface area contributed by atoms with E-state index in [0.29, 0.717) is 17.6 Å². The Morgan fingerprint density at radius 2 is 2.06 bits per heavy atom. The van der Waals surface area contributed by atoms with Crippen LogP contribution in [0.1, 0.15) is 31.4 Å². The van der Waals surface area contributed by atoms with E-state index in [9.17, 15) is 15.0 Å². The molecular formula is C14H16O3. The molecule has 0 bridgehead atoms. The van der Waals surface area contributed by atoms with Crippen molar-refractivity contribution < 1.29 is 15.0 Å². The van der Waals surface area contributed by atoms with Crippen molar-refractivity contribution in [2.75, 3.05) is 0 Å². The highest BCUT2D eigenvalue weighted by Gasteiger charge is 2.31. The second-order valence-electron chi connectivity index (χ2n) is 4.49. The van der Waals surface area contributed by atoms with Gasteiger partial charge < -0.3 is 10.2 Å². The molecule has 0 saturated heterocycles. The summed E-state index contributed by atoms with van der Waals surface area (Å²) in [6.07, 6.45) is 1.15. The molecule has 90 valence electrons. The number of hydrogen-bond acceptors (Lipinski definition) is 3. The first kappa shape index (κ1) is 11.7. The molecule has 0 aromatic heterocycles. The molecule has 0 amide bonds. The molecule has 3 heteroatoms. The van der Waals surface area contributed by atoms with Crippen LogP contribution in [0.3, 0.4) is 0 Å². The van der Waals surface area contributed by atoms with Crippen LogP contribution < -0.4 is 0 Å². The molecular weight excluding hydrogens is 216 g/mol. The molecule has 1 aromatic rings. The summed E-state index contributed by atoms with van der Waals surface area (Å²) in [5.74, 6) is 0.0486. The first-order valence-corrected chi connectivity index (χ1v) is 5.83. The van der Waals surface area contributed by atoms with Gasteiger partial charge in [0.15, 0.2) is 5.78 Å². The summed E-state index contributed by atoms with van der Waals surface area (Å²) in [5.41, 5.74) is 2.01. The summed E-state index contributed by atoms with van der Waals surface area (Å²) in [6, 6.07) is 4.95. The van der Waals surface area contributed by atoms with E-state index in [4.69, 9.17) is 0 Å². The smallest absolute Gasteiger partial charge is 0.170 e. The Bertz CT molecular complexity index is 500. The Hall–Kier alpha value is -1.77. The van der Waals surface area contributed by atoms with Gasteiger partial charge in [-0.1, -0.05) is 19.9 Å². The Morgan fingerprint density at radius 3 is 2.59 bits per heavy atom. The molecule has 1 aromatic carbocycles. The number of carbonyl (C=O) groups is 1. The molecule has 1 unspecified atom stereocenters. The summed E-state index contributed by atoms with van der Waals surface area (Å²) in [5, 5.41) is 19.4. The number of hydrogen-bond donors (Lipinski definition) is 2. The zero-order valence-corrected chi connectivity index (χ0v) is 10.0. The molecule has 0 heterocycles. The maximum absolute atomic E-state index is 12.0. The van der Waals surface area contributed by atoms with Crippen LogP contribution in [0.25, 0.3) is 5.57 Å². The number of phenols is 1. The molecule has 0 aliphatic heterocycles. The van der Waals surface area contributed by atoms with Gasteiger partial charge in [-0.25, -0.2) is 0 Å². The lowest BCUT2D eigenvalue weighted by Gasteiger charge is -2.09. The van der Waals surface area contributed by atoms with Gasteiger partial charge in [-0.15, -0.1) is 0 Å². The van der Waals surface area contributed by atoms with E-state index >= 15 is 0 Å². The number of aliphatic hydroxyl groups is 1. The Balaban J connectivity index is 2.57. The SMILES string of the molecule is CCc1ccc(O)cc1C1=C(O)CC(C)C1=O. The predicted octanol–water partition coefficient (Wildman–Crippen LogP) is 2.83.